The molecule has 1 aromatic rings. The van der Waals surface area contributed by atoms with Crippen molar-refractivity contribution in [1.29, 1.82) is 0 Å². The Labute approximate surface area is 166 Å². The third kappa shape index (κ3) is 5.06. The third-order valence-corrected chi connectivity index (χ3v) is 7.17. The second-order valence-corrected chi connectivity index (χ2v) is 8.98. The first kappa shape index (κ1) is 20.7. The highest BCUT2D eigenvalue weighted by Crippen LogP contribution is 2.40. The summed E-state index contributed by atoms with van der Waals surface area (Å²) in [5.74, 6) is 0.781. The Hall–Kier alpha value is -1.06. The molecule has 1 saturated heterocycles. The highest BCUT2D eigenvalue weighted by Gasteiger charge is 2.40. The van der Waals surface area contributed by atoms with Gasteiger partial charge in [-0.05, 0) is 95.3 Å². The molecule has 3 nitrogen and oxygen atoms in total. The van der Waals surface area contributed by atoms with Crippen LogP contribution in [0.2, 0.25) is 0 Å². The fourth-order valence-electron chi connectivity index (χ4n) is 5.31. The van der Waals surface area contributed by atoms with E-state index in [-0.39, 0.29) is 0 Å². The third-order valence-electron chi connectivity index (χ3n) is 7.17. The van der Waals surface area contributed by atoms with Gasteiger partial charge in [0.2, 0.25) is 0 Å². The number of ether oxygens (including phenoxy) is 1. The van der Waals surface area contributed by atoms with E-state index in [4.69, 9.17) is 10.5 Å². The summed E-state index contributed by atoms with van der Waals surface area (Å²) in [5, 5.41) is 0. The lowest BCUT2D eigenvalue weighted by molar-refractivity contribution is -0.0403. The van der Waals surface area contributed by atoms with Gasteiger partial charge in [0.1, 0.15) is 0 Å². The zero-order valence-electron chi connectivity index (χ0n) is 17.8. The van der Waals surface area contributed by atoms with Crippen LogP contribution in [0.5, 0.6) is 0 Å². The molecule has 0 unspecified atom stereocenters. The Morgan fingerprint density at radius 1 is 1.11 bits per heavy atom. The second-order valence-electron chi connectivity index (χ2n) is 8.98. The van der Waals surface area contributed by atoms with Crippen LogP contribution in [0.25, 0.3) is 0 Å². The van der Waals surface area contributed by atoms with Crippen molar-refractivity contribution >= 4 is 5.69 Å². The molecule has 1 aliphatic heterocycles. The number of hydrogen-bond donors (Lipinski definition) is 1. The zero-order valence-corrected chi connectivity index (χ0v) is 17.8. The molecular weight excluding hydrogens is 332 g/mol. The monoisotopic (exact) mass is 372 g/mol. The molecular formula is C24H40N2O. The van der Waals surface area contributed by atoms with Crippen molar-refractivity contribution in [2.75, 3.05) is 25.4 Å². The van der Waals surface area contributed by atoms with Gasteiger partial charge in [-0.1, -0.05) is 31.5 Å². The lowest BCUT2D eigenvalue weighted by atomic mass is 9.75. The molecule has 0 bridgehead atoms. The number of hydrogen-bond acceptors (Lipinski definition) is 3. The SMILES string of the molecule is CCCOC1CCC(CC)(N2CCC(Cc3cc(C)ccc3N)CC2)CC1. The maximum Gasteiger partial charge on any atom is 0.0576 e. The lowest BCUT2D eigenvalue weighted by Crippen LogP contribution is -2.54. The molecule has 1 aromatic carbocycles. The smallest absolute Gasteiger partial charge is 0.0576 e. The van der Waals surface area contributed by atoms with Crippen molar-refractivity contribution in [1.82, 2.24) is 4.90 Å². The molecule has 0 spiro atoms. The average molecular weight is 373 g/mol. The van der Waals surface area contributed by atoms with E-state index in [0.717, 1.165) is 31.1 Å². The highest BCUT2D eigenvalue weighted by atomic mass is 16.5. The van der Waals surface area contributed by atoms with E-state index in [1.165, 1.54) is 69.2 Å². The van der Waals surface area contributed by atoms with Crippen LogP contribution in [0.3, 0.4) is 0 Å². The van der Waals surface area contributed by atoms with Crippen LogP contribution in [-0.2, 0) is 11.2 Å². The summed E-state index contributed by atoms with van der Waals surface area (Å²) in [5.41, 5.74) is 10.3. The Morgan fingerprint density at radius 2 is 1.81 bits per heavy atom. The molecule has 152 valence electrons. The molecule has 2 N–H and O–H groups in total. The van der Waals surface area contributed by atoms with E-state index in [0.29, 0.717) is 11.6 Å². The van der Waals surface area contributed by atoms with Crippen molar-refractivity contribution in [3.63, 3.8) is 0 Å². The standard InChI is InChI=1S/C24H40N2O/c1-4-16-27-22-8-12-24(5-2,13-9-22)26-14-10-20(11-15-26)18-21-17-19(3)6-7-23(21)25/h6-7,17,20,22H,4-5,8-16,18,25H2,1-3H3. The minimum absolute atomic E-state index is 0.430. The average Bonchev–Trinajstić information content (AvgIpc) is 2.70. The first-order valence-electron chi connectivity index (χ1n) is 11.3. The normalized spacial score (nSPS) is 27.7. The number of nitrogen functional groups attached to an aromatic ring is 1. The number of nitrogens with two attached hydrogens (primary N) is 1. The second kappa shape index (κ2) is 9.43. The molecule has 1 heterocycles. The summed E-state index contributed by atoms with van der Waals surface area (Å²) in [7, 11) is 0. The molecule has 3 rings (SSSR count). The van der Waals surface area contributed by atoms with Crippen molar-refractivity contribution in [2.24, 2.45) is 5.92 Å². The van der Waals surface area contributed by atoms with Gasteiger partial charge in [0.05, 0.1) is 6.10 Å². The topological polar surface area (TPSA) is 38.5 Å². The minimum atomic E-state index is 0.430. The number of aryl methyl sites for hydroxylation is 1. The van der Waals surface area contributed by atoms with Gasteiger partial charge in [0.25, 0.3) is 0 Å². The number of rotatable bonds is 7. The molecule has 1 saturated carbocycles. The molecule has 0 aromatic heterocycles. The first-order valence-corrected chi connectivity index (χ1v) is 11.3. The van der Waals surface area contributed by atoms with Crippen molar-refractivity contribution in [3.8, 4) is 0 Å². The Balaban J connectivity index is 1.52. The first-order chi connectivity index (χ1) is 13.1. The van der Waals surface area contributed by atoms with Crippen molar-refractivity contribution < 1.29 is 4.74 Å². The Morgan fingerprint density at radius 3 is 2.44 bits per heavy atom. The number of anilines is 1. The van der Waals surface area contributed by atoms with E-state index in [2.05, 4.69) is 43.9 Å². The van der Waals surface area contributed by atoms with Gasteiger partial charge in [-0.25, -0.2) is 0 Å². The van der Waals surface area contributed by atoms with Gasteiger partial charge in [-0.15, -0.1) is 0 Å². The van der Waals surface area contributed by atoms with Gasteiger partial charge in [0.15, 0.2) is 0 Å². The minimum Gasteiger partial charge on any atom is -0.399 e. The Kier molecular flexibility index (Phi) is 7.22. The van der Waals surface area contributed by atoms with Crippen LogP contribution in [0.15, 0.2) is 18.2 Å². The largest absolute Gasteiger partial charge is 0.399 e. The lowest BCUT2D eigenvalue weighted by Gasteiger charge is -2.50. The van der Waals surface area contributed by atoms with Gasteiger partial charge < -0.3 is 10.5 Å². The van der Waals surface area contributed by atoms with Gasteiger partial charge in [0, 0.05) is 17.8 Å². The summed E-state index contributed by atoms with van der Waals surface area (Å²) >= 11 is 0. The van der Waals surface area contributed by atoms with E-state index in [9.17, 15) is 0 Å². The molecule has 0 radical (unpaired) electrons. The van der Waals surface area contributed by atoms with E-state index >= 15 is 0 Å². The van der Waals surface area contributed by atoms with Crippen LogP contribution < -0.4 is 5.73 Å². The fourth-order valence-corrected chi connectivity index (χ4v) is 5.31. The van der Waals surface area contributed by atoms with Crippen LogP contribution in [0.1, 0.15) is 76.3 Å². The molecule has 3 heteroatoms. The molecule has 2 aliphatic rings. The highest BCUT2D eigenvalue weighted by molar-refractivity contribution is 5.48. The number of piperidine rings is 1. The molecule has 1 aliphatic carbocycles. The maximum atomic E-state index is 6.22. The Bertz CT molecular complexity index is 584. The fraction of sp³-hybridized carbons (Fsp3) is 0.750. The number of likely N-dealkylation sites (tertiary alicyclic amines) is 1. The summed E-state index contributed by atoms with van der Waals surface area (Å²) in [6, 6.07) is 6.48. The number of benzene rings is 1. The zero-order chi connectivity index (χ0) is 19.3. The van der Waals surface area contributed by atoms with Gasteiger partial charge >= 0.3 is 0 Å². The summed E-state index contributed by atoms with van der Waals surface area (Å²) in [6.45, 7) is 10.2. The summed E-state index contributed by atoms with van der Waals surface area (Å²) < 4.78 is 6.03. The number of nitrogens with zero attached hydrogens (tertiary/aromatic N) is 1. The van der Waals surface area contributed by atoms with Crippen molar-refractivity contribution in [2.45, 2.75) is 90.2 Å². The summed E-state index contributed by atoms with van der Waals surface area (Å²) in [4.78, 5) is 2.83. The van der Waals surface area contributed by atoms with E-state index in [1.807, 2.05) is 0 Å². The quantitative estimate of drug-likeness (QED) is 0.656. The molecule has 0 atom stereocenters. The van der Waals surface area contributed by atoms with Crippen LogP contribution in [0.4, 0.5) is 5.69 Å². The molecule has 0 amide bonds. The van der Waals surface area contributed by atoms with Crippen molar-refractivity contribution in [3.05, 3.63) is 29.3 Å². The van der Waals surface area contributed by atoms with Crippen LogP contribution in [0, 0.1) is 12.8 Å². The van der Waals surface area contributed by atoms with Crippen LogP contribution >= 0.6 is 0 Å². The van der Waals surface area contributed by atoms with Gasteiger partial charge in [-0.2, -0.15) is 0 Å². The maximum absolute atomic E-state index is 6.22. The summed E-state index contributed by atoms with van der Waals surface area (Å²) in [6.07, 6.45) is 11.8. The predicted octanol–water partition coefficient (Wildman–Crippen LogP) is 5.35. The van der Waals surface area contributed by atoms with Crippen LogP contribution in [-0.4, -0.2) is 36.2 Å². The predicted molar refractivity (Wildman–Crippen MR) is 115 cm³/mol. The van der Waals surface area contributed by atoms with Gasteiger partial charge in [-0.3, -0.25) is 4.90 Å². The van der Waals surface area contributed by atoms with E-state index < -0.39 is 0 Å². The van der Waals surface area contributed by atoms with E-state index in [1.54, 1.807) is 0 Å². The molecule has 2 fully saturated rings. The molecule has 27 heavy (non-hydrogen) atoms.